The molecule has 0 bridgehead atoms. The molecule has 0 amide bonds. The van der Waals surface area contributed by atoms with E-state index in [9.17, 15) is 0 Å². The van der Waals surface area contributed by atoms with E-state index in [1.165, 1.54) is 16.7 Å². The molecule has 1 saturated heterocycles. The highest BCUT2D eigenvalue weighted by Crippen LogP contribution is 2.31. The summed E-state index contributed by atoms with van der Waals surface area (Å²) in [6.07, 6.45) is 0.815. The van der Waals surface area contributed by atoms with Crippen LogP contribution in [0, 0.1) is 30.6 Å². The molecule has 0 N–H and O–H groups in total. The lowest BCUT2D eigenvalue weighted by molar-refractivity contribution is -0.0765. The summed E-state index contributed by atoms with van der Waals surface area (Å²) in [5.74, 6) is 0. The Hall–Kier alpha value is -1.33. The maximum atomic E-state index is 9.11. The second-order valence-corrected chi connectivity index (χ2v) is 4.49. The SMILES string of the molecule is Cc1ccc(CC2(C#N)COC2)c(C)c1. The lowest BCUT2D eigenvalue weighted by Gasteiger charge is -2.35. The van der Waals surface area contributed by atoms with Gasteiger partial charge in [0.05, 0.1) is 19.3 Å². The zero-order valence-electron chi connectivity index (χ0n) is 9.21. The van der Waals surface area contributed by atoms with Gasteiger partial charge in [0.1, 0.15) is 5.41 Å². The van der Waals surface area contributed by atoms with Crippen LogP contribution >= 0.6 is 0 Å². The van der Waals surface area contributed by atoms with Crippen LogP contribution in [0.4, 0.5) is 0 Å². The van der Waals surface area contributed by atoms with E-state index in [0.717, 1.165) is 6.42 Å². The summed E-state index contributed by atoms with van der Waals surface area (Å²) < 4.78 is 5.14. The van der Waals surface area contributed by atoms with Crippen molar-refractivity contribution in [2.75, 3.05) is 13.2 Å². The Bertz CT molecular complexity index is 413. The van der Waals surface area contributed by atoms with Crippen LogP contribution in [0.5, 0.6) is 0 Å². The van der Waals surface area contributed by atoms with Gasteiger partial charge < -0.3 is 4.74 Å². The molecule has 0 aromatic heterocycles. The molecule has 1 fully saturated rings. The third-order valence-corrected chi connectivity index (χ3v) is 3.02. The van der Waals surface area contributed by atoms with Crippen molar-refractivity contribution >= 4 is 0 Å². The van der Waals surface area contributed by atoms with Crippen molar-refractivity contribution in [1.29, 1.82) is 5.26 Å². The Morgan fingerprint density at radius 3 is 2.60 bits per heavy atom. The molecule has 1 aromatic rings. The van der Waals surface area contributed by atoms with Crippen LogP contribution in [0.1, 0.15) is 16.7 Å². The van der Waals surface area contributed by atoms with Crippen molar-refractivity contribution < 1.29 is 4.74 Å². The van der Waals surface area contributed by atoms with E-state index in [1.807, 2.05) is 0 Å². The van der Waals surface area contributed by atoms with E-state index in [4.69, 9.17) is 10.00 Å². The van der Waals surface area contributed by atoms with E-state index >= 15 is 0 Å². The molecule has 0 unspecified atom stereocenters. The van der Waals surface area contributed by atoms with Gasteiger partial charge in [0.15, 0.2) is 0 Å². The fourth-order valence-electron chi connectivity index (χ4n) is 1.96. The number of hydrogen-bond acceptors (Lipinski definition) is 2. The first-order valence-electron chi connectivity index (χ1n) is 5.20. The van der Waals surface area contributed by atoms with Crippen LogP contribution in [0.3, 0.4) is 0 Å². The first-order chi connectivity index (χ1) is 7.15. The number of hydrogen-bond donors (Lipinski definition) is 0. The Kier molecular flexibility index (Phi) is 2.50. The van der Waals surface area contributed by atoms with E-state index in [0.29, 0.717) is 13.2 Å². The zero-order valence-corrected chi connectivity index (χ0v) is 9.21. The Morgan fingerprint density at radius 2 is 2.13 bits per heavy atom. The maximum absolute atomic E-state index is 9.11. The Labute approximate surface area is 90.5 Å². The summed E-state index contributed by atoms with van der Waals surface area (Å²) >= 11 is 0. The van der Waals surface area contributed by atoms with E-state index in [2.05, 4.69) is 38.1 Å². The molecule has 15 heavy (non-hydrogen) atoms. The molecular weight excluding hydrogens is 186 g/mol. The molecule has 0 spiro atoms. The average molecular weight is 201 g/mol. The van der Waals surface area contributed by atoms with Gasteiger partial charge in [-0.05, 0) is 31.4 Å². The normalized spacial score (nSPS) is 17.9. The molecule has 0 radical (unpaired) electrons. The molecule has 0 atom stereocenters. The highest BCUT2D eigenvalue weighted by atomic mass is 16.5. The number of aryl methyl sites for hydroxylation is 2. The number of nitriles is 1. The van der Waals surface area contributed by atoms with Crippen molar-refractivity contribution in [3.05, 3.63) is 34.9 Å². The quantitative estimate of drug-likeness (QED) is 0.736. The summed E-state index contributed by atoms with van der Waals surface area (Å²) in [5.41, 5.74) is 3.55. The van der Waals surface area contributed by atoms with Crippen molar-refractivity contribution in [3.63, 3.8) is 0 Å². The van der Waals surface area contributed by atoms with Gasteiger partial charge in [-0.3, -0.25) is 0 Å². The van der Waals surface area contributed by atoms with Crippen molar-refractivity contribution in [3.8, 4) is 6.07 Å². The van der Waals surface area contributed by atoms with E-state index in [1.54, 1.807) is 0 Å². The molecule has 0 saturated carbocycles. The zero-order chi connectivity index (χ0) is 10.9. The molecule has 0 aliphatic carbocycles. The van der Waals surface area contributed by atoms with Crippen LogP contribution in [0.2, 0.25) is 0 Å². The fourth-order valence-corrected chi connectivity index (χ4v) is 1.96. The van der Waals surface area contributed by atoms with Gasteiger partial charge in [-0.1, -0.05) is 23.8 Å². The Balaban J connectivity index is 2.21. The minimum Gasteiger partial charge on any atom is -0.378 e. The highest BCUT2D eigenvalue weighted by molar-refractivity contribution is 5.32. The highest BCUT2D eigenvalue weighted by Gasteiger charge is 2.39. The molecular formula is C13H15NO. The van der Waals surface area contributed by atoms with Crippen molar-refractivity contribution in [1.82, 2.24) is 0 Å². The lowest BCUT2D eigenvalue weighted by atomic mass is 9.80. The third-order valence-electron chi connectivity index (χ3n) is 3.02. The maximum Gasteiger partial charge on any atom is 0.108 e. The van der Waals surface area contributed by atoms with Crippen LogP contribution in [0.25, 0.3) is 0 Å². The predicted molar refractivity (Wildman–Crippen MR) is 58.5 cm³/mol. The molecule has 2 rings (SSSR count). The van der Waals surface area contributed by atoms with Gasteiger partial charge in [-0.2, -0.15) is 5.26 Å². The Morgan fingerprint density at radius 1 is 1.40 bits per heavy atom. The van der Waals surface area contributed by atoms with Crippen LogP contribution < -0.4 is 0 Å². The molecule has 78 valence electrons. The van der Waals surface area contributed by atoms with E-state index in [-0.39, 0.29) is 5.41 Å². The first-order valence-corrected chi connectivity index (χ1v) is 5.20. The molecule has 1 aliphatic rings. The number of nitrogens with zero attached hydrogens (tertiary/aromatic N) is 1. The summed E-state index contributed by atoms with van der Waals surface area (Å²) in [6, 6.07) is 8.78. The third kappa shape index (κ3) is 1.88. The molecule has 1 aromatic carbocycles. The van der Waals surface area contributed by atoms with Crippen LogP contribution in [-0.2, 0) is 11.2 Å². The van der Waals surface area contributed by atoms with Crippen LogP contribution in [0.15, 0.2) is 18.2 Å². The number of rotatable bonds is 2. The minimum atomic E-state index is -0.264. The monoisotopic (exact) mass is 201 g/mol. The topological polar surface area (TPSA) is 33.0 Å². The largest absolute Gasteiger partial charge is 0.378 e. The lowest BCUT2D eigenvalue weighted by Crippen LogP contribution is -2.43. The second-order valence-electron chi connectivity index (χ2n) is 4.49. The van der Waals surface area contributed by atoms with Gasteiger partial charge in [0.25, 0.3) is 0 Å². The molecule has 1 aliphatic heterocycles. The summed E-state index contributed by atoms with van der Waals surface area (Å²) in [5, 5.41) is 9.11. The van der Waals surface area contributed by atoms with Crippen LogP contribution in [-0.4, -0.2) is 13.2 Å². The van der Waals surface area contributed by atoms with E-state index < -0.39 is 0 Å². The number of benzene rings is 1. The van der Waals surface area contributed by atoms with Gasteiger partial charge in [0.2, 0.25) is 0 Å². The molecule has 1 heterocycles. The smallest absolute Gasteiger partial charge is 0.108 e. The van der Waals surface area contributed by atoms with Gasteiger partial charge >= 0.3 is 0 Å². The van der Waals surface area contributed by atoms with Gasteiger partial charge in [-0.25, -0.2) is 0 Å². The van der Waals surface area contributed by atoms with Gasteiger partial charge in [-0.15, -0.1) is 0 Å². The molecule has 2 nitrogen and oxygen atoms in total. The van der Waals surface area contributed by atoms with Crippen molar-refractivity contribution in [2.45, 2.75) is 20.3 Å². The predicted octanol–water partition coefficient (Wildman–Crippen LogP) is 2.39. The minimum absolute atomic E-state index is 0.264. The standard InChI is InChI=1S/C13H15NO/c1-10-3-4-12(11(2)5-10)6-13(7-14)8-15-9-13/h3-5H,6,8-9H2,1-2H3. The second kappa shape index (κ2) is 3.67. The summed E-state index contributed by atoms with van der Waals surface area (Å²) in [6.45, 7) is 5.35. The first kappa shape index (κ1) is 10.2. The molecule has 2 heteroatoms. The van der Waals surface area contributed by atoms with Crippen molar-refractivity contribution in [2.24, 2.45) is 5.41 Å². The summed E-state index contributed by atoms with van der Waals surface area (Å²) in [4.78, 5) is 0. The van der Waals surface area contributed by atoms with Gasteiger partial charge in [0, 0.05) is 0 Å². The summed E-state index contributed by atoms with van der Waals surface area (Å²) in [7, 11) is 0. The number of ether oxygens (including phenoxy) is 1. The fraction of sp³-hybridized carbons (Fsp3) is 0.462. The average Bonchev–Trinajstić information content (AvgIpc) is 2.14.